The lowest BCUT2D eigenvalue weighted by Gasteiger charge is -2.33. The van der Waals surface area contributed by atoms with Crippen molar-refractivity contribution >= 4 is 22.8 Å². The zero-order chi connectivity index (χ0) is 16.4. The topological polar surface area (TPSA) is 91.4 Å². The second-order valence-electron chi connectivity index (χ2n) is 6.04. The van der Waals surface area contributed by atoms with Crippen LogP contribution in [0.25, 0.3) is 10.9 Å². The molecule has 1 aliphatic rings. The van der Waals surface area contributed by atoms with Gasteiger partial charge in [-0.05, 0) is 24.1 Å². The average molecular weight is 316 g/mol. The molecule has 0 atom stereocenters. The van der Waals surface area contributed by atoms with Crippen LogP contribution in [-0.2, 0) is 20.7 Å². The second-order valence-corrected chi connectivity index (χ2v) is 6.04. The van der Waals surface area contributed by atoms with Gasteiger partial charge in [0.1, 0.15) is 5.54 Å². The Bertz CT molecular complexity index is 744. The van der Waals surface area contributed by atoms with E-state index < -0.39 is 11.5 Å². The second kappa shape index (κ2) is 6.04. The number of carboxylic acid groups (broad SMARTS) is 1. The van der Waals surface area contributed by atoms with Gasteiger partial charge in [-0.25, -0.2) is 4.79 Å². The molecule has 0 radical (unpaired) electrons. The molecule has 1 amide bonds. The third kappa shape index (κ3) is 2.94. The van der Waals surface area contributed by atoms with Crippen LogP contribution in [0.4, 0.5) is 0 Å². The van der Waals surface area contributed by atoms with Crippen molar-refractivity contribution in [2.75, 3.05) is 13.2 Å². The van der Waals surface area contributed by atoms with Gasteiger partial charge in [-0.2, -0.15) is 0 Å². The van der Waals surface area contributed by atoms with E-state index in [0.717, 1.165) is 22.0 Å². The van der Waals surface area contributed by atoms with Gasteiger partial charge in [0.2, 0.25) is 5.91 Å². The molecule has 6 nitrogen and oxygen atoms in total. The molecule has 1 aromatic carbocycles. The van der Waals surface area contributed by atoms with Gasteiger partial charge in [-0.15, -0.1) is 0 Å². The summed E-state index contributed by atoms with van der Waals surface area (Å²) in [5, 5.41) is 13.3. The van der Waals surface area contributed by atoms with Crippen LogP contribution >= 0.6 is 0 Å². The van der Waals surface area contributed by atoms with Gasteiger partial charge >= 0.3 is 5.97 Å². The first kappa shape index (κ1) is 15.6. The Morgan fingerprint density at radius 1 is 1.35 bits per heavy atom. The highest BCUT2D eigenvalue weighted by atomic mass is 16.5. The summed E-state index contributed by atoms with van der Waals surface area (Å²) < 4.78 is 5.22. The normalized spacial score (nSPS) is 17.1. The smallest absolute Gasteiger partial charge is 0.329 e. The summed E-state index contributed by atoms with van der Waals surface area (Å²) in [6.07, 6.45) is 2.55. The minimum atomic E-state index is -1.21. The molecule has 2 aromatic rings. The van der Waals surface area contributed by atoms with E-state index in [9.17, 15) is 14.7 Å². The number of aliphatic carboxylic acids is 1. The standard InChI is InChI=1S/C17H20N2O4/c1-11-3-2-4-13-15(11)12(10-18-13)9-14(20)19-17(16(21)22)5-7-23-8-6-17/h2-4,10,18H,5-9H2,1H3,(H,19,20)(H,21,22). The van der Waals surface area contributed by atoms with Crippen molar-refractivity contribution < 1.29 is 19.4 Å². The maximum Gasteiger partial charge on any atom is 0.329 e. The molecule has 23 heavy (non-hydrogen) atoms. The first-order valence-corrected chi connectivity index (χ1v) is 7.69. The van der Waals surface area contributed by atoms with Gasteiger partial charge in [-0.1, -0.05) is 12.1 Å². The van der Waals surface area contributed by atoms with Crippen LogP contribution in [0, 0.1) is 6.92 Å². The molecule has 0 spiro atoms. The number of aromatic nitrogens is 1. The molecule has 1 aliphatic heterocycles. The Hall–Kier alpha value is -2.34. The highest BCUT2D eigenvalue weighted by Crippen LogP contribution is 2.24. The molecule has 3 rings (SSSR count). The quantitative estimate of drug-likeness (QED) is 0.801. The zero-order valence-electron chi connectivity index (χ0n) is 13.0. The summed E-state index contributed by atoms with van der Waals surface area (Å²) in [6.45, 7) is 2.69. The first-order chi connectivity index (χ1) is 11.0. The van der Waals surface area contributed by atoms with E-state index in [2.05, 4.69) is 10.3 Å². The number of benzene rings is 1. The Balaban J connectivity index is 1.79. The van der Waals surface area contributed by atoms with Crippen LogP contribution in [0.1, 0.15) is 24.0 Å². The summed E-state index contributed by atoms with van der Waals surface area (Å²) in [5.74, 6) is -1.28. The summed E-state index contributed by atoms with van der Waals surface area (Å²) in [6, 6.07) is 5.91. The number of aromatic amines is 1. The molecule has 122 valence electrons. The molecular weight excluding hydrogens is 296 g/mol. The van der Waals surface area contributed by atoms with E-state index in [4.69, 9.17) is 4.74 Å². The molecule has 1 fully saturated rings. The predicted octanol–water partition coefficient (Wildman–Crippen LogP) is 1.77. The van der Waals surface area contributed by atoms with Gasteiger partial charge in [-0.3, -0.25) is 4.79 Å². The number of carboxylic acids is 1. The molecule has 0 bridgehead atoms. The maximum absolute atomic E-state index is 12.4. The summed E-state index contributed by atoms with van der Waals surface area (Å²) in [7, 11) is 0. The maximum atomic E-state index is 12.4. The Labute approximate surface area is 133 Å². The summed E-state index contributed by atoms with van der Waals surface area (Å²) in [5.41, 5.74) is 1.73. The van der Waals surface area contributed by atoms with Crippen LogP contribution in [0.5, 0.6) is 0 Å². The number of carbonyl (C=O) groups excluding carboxylic acids is 1. The van der Waals surface area contributed by atoms with Crippen LogP contribution in [0.3, 0.4) is 0 Å². The number of nitrogens with one attached hydrogen (secondary N) is 2. The van der Waals surface area contributed by atoms with Crippen LogP contribution in [-0.4, -0.2) is 40.7 Å². The molecule has 0 aliphatic carbocycles. The Morgan fingerprint density at radius 2 is 2.09 bits per heavy atom. The number of hydrogen-bond donors (Lipinski definition) is 3. The van der Waals surface area contributed by atoms with E-state index in [-0.39, 0.29) is 12.3 Å². The van der Waals surface area contributed by atoms with Crippen molar-refractivity contribution in [1.29, 1.82) is 0 Å². The summed E-state index contributed by atoms with van der Waals surface area (Å²) >= 11 is 0. The van der Waals surface area contributed by atoms with Crippen molar-refractivity contribution in [1.82, 2.24) is 10.3 Å². The molecule has 3 N–H and O–H groups in total. The summed E-state index contributed by atoms with van der Waals surface area (Å²) in [4.78, 5) is 27.2. The number of fused-ring (bicyclic) bond motifs is 1. The minimum Gasteiger partial charge on any atom is -0.480 e. The van der Waals surface area contributed by atoms with Gasteiger partial charge in [0.05, 0.1) is 6.42 Å². The third-order valence-corrected chi connectivity index (χ3v) is 4.48. The fraction of sp³-hybridized carbons (Fsp3) is 0.412. The van der Waals surface area contributed by atoms with E-state index in [1.54, 1.807) is 0 Å². The lowest BCUT2D eigenvalue weighted by atomic mass is 9.89. The van der Waals surface area contributed by atoms with Crippen LogP contribution in [0.2, 0.25) is 0 Å². The Morgan fingerprint density at radius 3 is 2.78 bits per heavy atom. The largest absolute Gasteiger partial charge is 0.480 e. The van der Waals surface area contributed by atoms with E-state index in [1.165, 1.54) is 0 Å². The van der Waals surface area contributed by atoms with Crippen LogP contribution < -0.4 is 5.32 Å². The van der Waals surface area contributed by atoms with Crippen LogP contribution in [0.15, 0.2) is 24.4 Å². The van der Waals surface area contributed by atoms with Gasteiger partial charge < -0.3 is 20.1 Å². The highest BCUT2D eigenvalue weighted by Gasteiger charge is 2.41. The number of aryl methyl sites for hydroxylation is 1. The zero-order valence-corrected chi connectivity index (χ0v) is 13.0. The van der Waals surface area contributed by atoms with Crippen molar-refractivity contribution in [3.8, 4) is 0 Å². The van der Waals surface area contributed by atoms with E-state index in [1.807, 2.05) is 31.3 Å². The van der Waals surface area contributed by atoms with Gasteiger partial charge in [0, 0.05) is 43.2 Å². The molecule has 0 saturated carbocycles. The lowest BCUT2D eigenvalue weighted by molar-refractivity contribution is -0.152. The van der Waals surface area contributed by atoms with Crippen molar-refractivity contribution in [2.45, 2.75) is 31.7 Å². The number of H-pyrrole nitrogens is 1. The van der Waals surface area contributed by atoms with Gasteiger partial charge in [0.15, 0.2) is 0 Å². The van der Waals surface area contributed by atoms with Crippen molar-refractivity contribution in [2.24, 2.45) is 0 Å². The van der Waals surface area contributed by atoms with Gasteiger partial charge in [0.25, 0.3) is 0 Å². The fourth-order valence-electron chi connectivity index (χ4n) is 3.19. The molecule has 2 heterocycles. The first-order valence-electron chi connectivity index (χ1n) is 7.69. The average Bonchev–Trinajstić information content (AvgIpc) is 2.92. The number of amides is 1. The molecule has 6 heteroatoms. The number of carbonyl (C=O) groups is 2. The highest BCUT2D eigenvalue weighted by molar-refractivity contribution is 5.93. The molecule has 1 saturated heterocycles. The third-order valence-electron chi connectivity index (χ3n) is 4.48. The lowest BCUT2D eigenvalue weighted by Crippen LogP contribution is -2.57. The molecule has 1 aromatic heterocycles. The molecule has 0 unspecified atom stereocenters. The number of rotatable bonds is 4. The van der Waals surface area contributed by atoms with Crippen molar-refractivity contribution in [3.63, 3.8) is 0 Å². The molecular formula is C17H20N2O4. The van der Waals surface area contributed by atoms with Crippen molar-refractivity contribution in [3.05, 3.63) is 35.5 Å². The Kier molecular flexibility index (Phi) is 4.09. The fourth-order valence-corrected chi connectivity index (χ4v) is 3.19. The SMILES string of the molecule is Cc1cccc2[nH]cc(CC(=O)NC3(C(=O)O)CCOCC3)c12. The predicted molar refractivity (Wildman–Crippen MR) is 85.3 cm³/mol. The number of hydrogen-bond acceptors (Lipinski definition) is 3. The van der Waals surface area contributed by atoms with E-state index >= 15 is 0 Å². The van der Waals surface area contributed by atoms with E-state index in [0.29, 0.717) is 26.1 Å². The monoisotopic (exact) mass is 316 g/mol. The minimum absolute atomic E-state index is 0.154. The number of ether oxygens (including phenoxy) is 1.